The van der Waals surface area contributed by atoms with Crippen molar-refractivity contribution in [3.63, 3.8) is 0 Å². The summed E-state index contributed by atoms with van der Waals surface area (Å²) in [5.41, 5.74) is 0.898. The molecule has 1 saturated heterocycles. The van der Waals surface area contributed by atoms with Crippen LogP contribution in [0.4, 0.5) is 13.2 Å². The molecule has 1 unspecified atom stereocenters. The first-order chi connectivity index (χ1) is 11.8. The number of ether oxygens (including phenoxy) is 1. The lowest BCUT2D eigenvalue weighted by molar-refractivity contribution is -0.178. The first kappa shape index (κ1) is 17.4. The molecule has 134 valence electrons. The summed E-state index contributed by atoms with van der Waals surface area (Å²) in [7, 11) is 0. The van der Waals surface area contributed by atoms with Gasteiger partial charge in [-0.05, 0) is 18.4 Å². The van der Waals surface area contributed by atoms with Crippen molar-refractivity contribution in [3.05, 3.63) is 35.7 Å². The Morgan fingerprint density at radius 1 is 1.32 bits per heavy atom. The molecule has 1 aliphatic heterocycles. The topological polar surface area (TPSA) is 88.7 Å². The van der Waals surface area contributed by atoms with E-state index >= 15 is 0 Å². The predicted octanol–water partition coefficient (Wildman–Crippen LogP) is 2.65. The number of hydrogen-bond acceptors (Lipinski definition) is 6. The van der Waals surface area contributed by atoms with Gasteiger partial charge in [-0.15, -0.1) is 0 Å². The van der Waals surface area contributed by atoms with Crippen LogP contribution in [0.5, 0.6) is 0 Å². The number of rotatable bonds is 4. The maximum Gasteiger partial charge on any atom is 0.471 e. The Balaban J connectivity index is 1.66. The van der Waals surface area contributed by atoms with Crippen LogP contribution >= 0.6 is 0 Å². The van der Waals surface area contributed by atoms with Gasteiger partial charge in [0.25, 0.3) is 5.91 Å². The summed E-state index contributed by atoms with van der Waals surface area (Å²) < 4.78 is 46.8. The van der Waals surface area contributed by atoms with Gasteiger partial charge in [-0.2, -0.15) is 18.2 Å². The van der Waals surface area contributed by atoms with Gasteiger partial charge in [-0.3, -0.25) is 10.0 Å². The molecule has 0 spiro atoms. The lowest BCUT2D eigenvalue weighted by Crippen LogP contribution is -2.36. The maximum atomic E-state index is 12.5. The third-order valence-corrected chi connectivity index (χ3v) is 3.67. The number of amides is 1. The van der Waals surface area contributed by atoms with Gasteiger partial charge in [-0.1, -0.05) is 29.4 Å². The van der Waals surface area contributed by atoms with Crippen molar-refractivity contribution >= 4 is 5.91 Å². The van der Waals surface area contributed by atoms with Crippen LogP contribution in [0.1, 0.15) is 24.3 Å². The maximum absolute atomic E-state index is 12.5. The van der Waals surface area contributed by atoms with Crippen LogP contribution in [0.2, 0.25) is 0 Å². The average Bonchev–Trinajstić information content (AvgIpc) is 3.26. The van der Waals surface area contributed by atoms with Gasteiger partial charge in [0.2, 0.25) is 5.82 Å². The molecule has 7 nitrogen and oxygen atoms in total. The van der Waals surface area contributed by atoms with Crippen molar-refractivity contribution in [1.82, 2.24) is 15.2 Å². The Kier molecular flexibility index (Phi) is 4.73. The smallest absolute Gasteiger partial charge is 0.368 e. The predicted molar refractivity (Wildman–Crippen MR) is 76.0 cm³/mol. The molecule has 0 saturated carbocycles. The van der Waals surface area contributed by atoms with Gasteiger partial charge in [0.05, 0.1) is 6.54 Å². The van der Waals surface area contributed by atoms with Gasteiger partial charge in [-0.25, -0.2) is 5.06 Å². The molecule has 2 aromatic rings. The molecular formula is C15H14F3N3O4. The second-order valence-electron chi connectivity index (χ2n) is 5.52. The fourth-order valence-electron chi connectivity index (χ4n) is 2.40. The second-order valence-corrected chi connectivity index (χ2v) is 5.52. The van der Waals surface area contributed by atoms with E-state index in [-0.39, 0.29) is 12.4 Å². The molecule has 2 heterocycles. The molecule has 1 aromatic heterocycles. The lowest BCUT2D eigenvalue weighted by atomic mass is 10.1. The summed E-state index contributed by atoms with van der Waals surface area (Å²) in [6.45, 7) is 0.419. The summed E-state index contributed by atoms with van der Waals surface area (Å²) >= 11 is 0. The van der Waals surface area contributed by atoms with E-state index in [0.717, 1.165) is 6.42 Å². The Hall–Kier alpha value is -2.46. The van der Waals surface area contributed by atoms with E-state index in [1.165, 1.54) is 12.1 Å². The highest BCUT2D eigenvalue weighted by Gasteiger charge is 2.38. The van der Waals surface area contributed by atoms with Gasteiger partial charge in [0.15, 0.2) is 0 Å². The summed E-state index contributed by atoms with van der Waals surface area (Å²) in [4.78, 5) is 15.2. The number of benzene rings is 1. The molecular weight excluding hydrogens is 343 g/mol. The highest BCUT2D eigenvalue weighted by Crippen LogP contribution is 2.29. The molecule has 1 fully saturated rings. The van der Waals surface area contributed by atoms with Gasteiger partial charge >= 0.3 is 12.1 Å². The van der Waals surface area contributed by atoms with Crippen LogP contribution in [0, 0.1) is 0 Å². The number of hydrogen-bond donors (Lipinski definition) is 1. The minimum atomic E-state index is -4.70. The minimum Gasteiger partial charge on any atom is -0.368 e. The minimum absolute atomic E-state index is 0.0704. The molecule has 1 atom stereocenters. The summed E-state index contributed by atoms with van der Waals surface area (Å²) in [5, 5.41) is 13.7. The van der Waals surface area contributed by atoms with Crippen molar-refractivity contribution in [1.29, 1.82) is 0 Å². The Morgan fingerprint density at radius 2 is 2.04 bits per heavy atom. The van der Waals surface area contributed by atoms with Crippen LogP contribution in [-0.4, -0.2) is 39.0 Å². The number of aromatic nitrogens is 2. The first-order valence-electron chi connectivity index (χ1n) is 7.46. The van der Waals surface area contributed by atoms with Crippen LogP contribution < -0.4 is 0 Å². The zero-order valence-electron chi connectivity index (χ0n) is 12.9. The van der Waals surface area contributed by atoms with E-state index in [4.69, 9.17) is 4.74 Å². The van der Waals surface area contributed by atoms with E-state index in [0.29, 0.717) is 29.2 Å². The summed E-state index contributed by atoms with van der Waals surface area (Å²) in [6, 6.07) is 6.05. The molecule has 1 aromatic carbocycles. The molecule has 25 heavy (non-hydrogen) atoms. The molecule has 0 aliphatic carbocycles. The summed E-state index contributed by atoms with van der Waals surface area (Å²) in [6.07, 6.45) is -4.01. The van der Waals surface area contributed by atoms with Crippen molar-refractivity contribution in [2.45, 2.75) is 31.7 Å². The normalized spacial score (nSPS) is 17.7. The van der Waals surface area contributed by atoms with Gasteiger partial charge in [0.1, 0.15) is 6.10 Å². The number of carbonyl (C=O) groups excluding carboxylic acids is 1. The fourth-order valence-corrected chi connectivity index (χ4v) is 2.40. The van der Waals surface area contributed by atoms with Gasteiger partial charge < -0.3 is 9.26 Å². The zero-order valence-corrected chi connectivity index (χ0v) is 12.9. The third kappa shape index (κ3) is 3.97. The molecule has 3 rings (SSSR count). The first-order valence-corrected chi connectivity index (χ1v) is 7.46. The van der Waals surface area contributed by atoms with Crippen molar-refractivity contribution in [2.24, 2.45) is 0 Å². The van der Waals surface area contributed by atoms with Crippen molar-refractivity contribution < 1.29 is 32.4 Å². The van der Waals surface area contributed by atoms with E-state index in [9.17, 15) is 23.2 Å². The molecule has 0 radical (unpaired) electrons. The Labute approximate surface area is 140 Å². The molecule has 10 heteroatoms. The standard InChI is InChI=1S/C15H14F3N3O4/c16-15(17,18)14-19-12(20-25-14)10-5-3-9(4-6-10)8-21(23)13(22)11-2-1-7-24-11/h3-6,11,23H,1-2,7-8H2. The molecule has 1 amide bonds. The average molecular weight is 357 g/mol. The van der Waals surface area contributed by atoms with E-state index in [1.54, 1.807) is 12.1 Å². The van der Waals surface area contributed by atoms with Crippen LogP contribution in [-0.2, 0) is 22.3 Å². The molecule has 1 N–H and O–H groups in total. The van der Waals surface area contributed by atoms with E-state index in [1.807, 2.05) is 0 Å². The summed E-state index contributed by atoms with van der Waals surface area (Å²) in [5.74, 6) is -2.14. The monoisotopic (exact) mass is 357 g/mol. The van der Waals surface area contributed by atoms with Crippen LogP contribution in [0.3, 0.4) is 0 Å². The second kappa shape index (κ2) is 6.81. The fraction of sp³-hybridized carbons (Fsp3) is 0.400. The third-order valence-electron chi connectivity index (χ3n) is 3.67. The quantitative estimate of drug-likeness (QED) is 0.668. The van der Waals surface area contributed by atoms with E-state index < -0.39 is 24.1 Å². The van der Waals surface area contributed by atoms with Crippen molar-refractivity contribution in [3.8, 4) is 11.4 Å². The zero-order chi connectivity index (χ0) is 18.0. The Morgan fingerprint density at radius 3 is 2.60 bits per heavy atom. The number of hydroxylamine groups is 2. The lowest BCUT2D eigenvalue weighted by Gasteiger charge is -2.18. The SMILES string of the molecule is O=C(C1CCCO1)N(O)Cc1ccc(-c2noc(C(F)(F)F)n2)cc1. The van der Waals surface area contributed by atoms with E-state index in [2.05, 4.69) is 14.7 Å². The van der Waals surface area contributed by atoms with Crippen molar-refractivity contribution in [2.75, 3.05) is 6.61 Å². The number of halogens is 3. The highest BCUT2D eigenvalue weighted by atomic mass is 19.4. The Bertz CT molecular complexity index is 739. The number of carbonyl (C=O) groups is 1. The van der Waals surface area contributed by atoms with Gasteiger partial charge in [0, 0.05) is 12.2 Å². The molecule has 0 bridgehead atoms. The molecule has 1 aliphatic rings. The number of alkyl halides is 3. The number of nitrogens with zero attached hydrogens (tertiary/aromatic N) is 3. The largest absolute Gasteiger partial charge is 0.471 e. The van der Waals surface area contributed by atoms with Crippen LogP contribution in [0.25, 0.3) is 11.4 Å². The van der Waals surface area contributed by atoms with Crippen LogP contribution in [0.15, 0.2) is 28.8 Å². The highest BCUT2D eigenvalue weighted by molar-refractivity contribution is 5.80.